The number of ether oxygens (including phenoxy) is 2. The Morgan fingerprint density at radius 2 is 2.07 bits per heavy atom. The minimum absolute atomic E-state index is 0.142. The SMILES string of the molecule is CC(C)(C)OCCOc1ccc[n+](O)c1. The fraction of sp³-hybridized carbons (Fsp3) is 0.545. The fourth-order valence-electron chi connectivity index (χ4n) is 1.04. The molecule has 1 rings (SSSR count). The van der Waals surface area contributed by atoms with Crippen molar-refractivity contribution in [2.75, 3.05) is 13.2 Å². The third-order valence-corrected chi connectivity index (χ3v) is 1.65. The van der Waals surface area contributed by atoms with Gasteiger partial charge in [-0.15, -0.1) is 0 Å². The molecule has 0 bridgehead atoms. The molecule has 0 aliphatic rings. The summed E-state index contributed by atoms with van der Waals surface area (Å²) in [7, 11) is 0. The minimum atomic E-state index is -0.142. The molecule has 0 aliphatic carbocycles. The van der Waals surface area contributed by atoms with E-state index in [9.17, 15) is 0 Å². The molecule has 0 unspecified atom stereocenters. The lowest BCUT2D eigenvalue weighted by Gasteiger charge is -2.19. The van der Waals surface area contributed by atoms with Crippen molar-refractivity contribution in [1.29, 1.82) is 0 Å². The Labute approximate surface area is 90.0 Å². The summed E-state index contributed by atoms with van der Waals surface area (Å²) in [6, 6.07) is 3.49. The van der Waals surface area contributed by atoms with Crippen LogP contribution in [-0.4, -0.2) is 24.0 Å². The van der Waals surface area contributed by atoms with Crippen LogP contribution in [0.3, 0.4) is 0 Å². The zero-order valence-corrected chi connectivity index (χ0v) is 9.43. The van der Waals surface area contributed by atoms with Crippen molar-refractivity contribution in [2.45, 2.75) is 26.4 Å². The summed E-state index contributed by atoms with van der Waals surface area (Å²) in [5, 5.41) is 9.10. The molecule has 0 fully saturated rings. The second-order valence-corrected chi connectivity index (χ2v) is 4.23. The number of hydrogen-bond donors (Lipinski definition) is 1. The number of rotatable bonds is 4. The predicted molar refractivity (Wildman–Crippen MR) is 55.0 cm³/mol. The summed E-state index contributed by atoms with van der Waals surface area (Å²) < 4.78 is 11.8. The van der Waals surface area contributed by atoms with Gasteiger partial charge in [0.25, 0.3) is 6.20 Å². The highest BCUT2D eigenvalue weighted by Crippen LogP contribution is 2.08. The highest BCUT2D eigenvalue weighted by atomic mass is 16.5. The van der Waals surface area contributed by atoms with Crippen LogP contribution >= 0.6 is 0 Å². The highest BCUT2D eigenvalue weighted by molar-refractivity contribution is 5.12. The van der Waals surface area contributed by atoms with Crippen LogP contribution in [0.15, 0.2) is 24.5 Å². The van der Waals surface area contributed by atoms with Crippen LogP contribution < -0.4 is 9.47 Å². The summed E-state index contributed by atoms with van der Waals surface area (Å²) in [5.41, 5.74) is -0.142. The van der Waals surface area contributed by atoms with Gasteiger partial charge in [-0.05, 0) is 26.8 Å². The van der Waals surface area contributed by atoms with Crippen molar-refractivity contribution in [1.82, 2.24) is 0 Å². The van der Waals surface area contributed by atoms with Gasteiger partial charge in [-0.1, -0.05) is 0 Å². The van der Waals surface area contributed by atoms with Gasteiger partial charge in [0.05, 0.1) is 12.2 Å². The van der Waals surface area contributed by atoms with Crippen LogP contribution in [0.1, 0.15) is 20.8 Å². The van der Waals surface area contributed by atoms with Gasteiger partial charge in [0, 0.05) is 10.8 Å². The maximum Gasteiger partial charge on any atom is 0.263 e. The smallest absolute Gasteiger partial charge is 0.263 e. The summed E-state index contributed by atoms with van der Waals surface area (Å²) >= 11 is 0. The lowest BCUT2D eigenvalue weighted by atomic mass is 10.2. The molecule has 1 aromatic heterocycles. The Bertz CT molecular complexity index is 307. The predicted octanol–water partition coefficient (Wildman–Crippen LogP) is 1.41. The van der Waals surface area contributed by atoms with Crippen LogP contribution in [0.2, 0.25) is 0 Å². The van der Waals surface area contributed by atoms with Crippen molar-refractivity contribution >= 4 is 0 Å². The Hall–Kier alpha value is -1.29. The molecule has 4 nitrogen and oxygen atoms in total. The topological polar surface area (TPSA) is 42.6 Å². The molecule has 1 heterocycles. The molecule has 0 amide bonds. The monoisotopic (exact) mass is 212 g/mol. The highest BCUT2D eigenvalue weighted by Gasteiger charge is 2.09. The maximum atomic E-state index is 9.10. The molecule has 0 saturated heterocycles. The summed E-state index contributed by atoms with van der Waals surface area (Å²) in [6.07, 6.45) is 3.02. The molecule has 84 valence electrons. The minimum Gasteiger partial charge on any atom is -0.485 e. The summed E-state index contributed by atoms with van der Waals surface area (Å²) in [5.74, 6) is 0.623. The van der Waals surface area contributed by atoms with Crippen molar-refractivity contribution in [3.05, 3.63) is 24.5 Å². The number of pyridine rings is 1. The molecule has 1 N–H and O–H groups in total. The molecular formula is C11H18NO3+. The molecule has 0 aliphatic heterocycles. The normalized spacial score (nSPS) is 11.4. The standard InChI is InChI=1S/C11H18NO3/c1-11(2,3)15-8-7-14-10-5-4-6-12(13)9-10/h4-6,9,13H,7-8H2,1-3H3/q+1. The quantitative estimate of drug-likeness (QED) is 0.466. The lowest BCUT2D eigenvalue weighted by Crippen LogP contribution is -2.28. The first-order valence-corrected chi connectivity index (χ1v) is 4.95. The number of aromatic nitrogens is 1. The average Bonchev–Trinajstić information content (AvgIpc) is 2.11. The van der Waals surface area contributed by atoms with Gasteiger partial charge < -0.3 is 9.47 Å². The van der Waals surface area contributed by atoms with Gasteiger partial charge in [-0.2, -0.15) is 0 Å². The van der Waals surface area contributed by atoms with Gasteiger partial charge in [0.15, 0.2) is 5.75 Å². The summed E-state index contributed by atoms with van der Waals surface area (Å²) in [6.45, 7) is 7.00. The average molecular weight is 212 g/mol. The van der Waals surface area contributed by atoms with E-state index in [1.807, 2.05) is 20.8 Å². The molecule has 15 heavy (non-hydrogen) atoms. The van der Waals surface area contributed by atoms with E-state index < -0.39 is 0 Å². The summed E-state index contributed by atoms with van der Waals surface area (Å²) in [4.78, 5) is 0. The van der Waals surface area contributed by atoms with E-state index in [4.69, 9.17) is 14.7 Å². The molecule has 0 radical (unpaired) electrons. The lowest BCUT2D eigenvalue weighted by molar-refractivity contribution is -0.904. The van der Waals surface area contributed by atoms with Gasteiger partial charge in [-0.3, -0.25) is 5.21 Å². The van der Waals surface area contributed by atoms with Gasteiger partial charge in [0.1, 0.15) is 6.61 Å². The van der Waals surface area contributed by atoms with E-state index in [1.54, 1.807) is 12.1 Å². The van der Waals surface area contributed by atoms with Crippen molar-refractivity contribution in [3.63, 3.8) is 0 Å². The van der Waals surface area contributed by atoms with Crippen LogP contribution in [0, 0.1) is 0 Å². The third-order valence-electron chi connectivity index (χ3n) is 1.65. The number of nitrogens with zero attached hydrogens (tertiary/aromatic N) is 1. The first-order chi connectivity index (χ1) is 6.97. The fourth-order valence-corrected chi connectivity index (χ4v) is 1.04. The zero-order valence-electron chi connectivity index (χ0n) is 9.43. The Balaban J connectivity index is 2.26. The molecule has 4 heteroatoms. The van der Waals surface area contributed by atoms with Crippen molar-refractivity contribution < 1.29 is 19.4 Å². The van der Waals surface area contributed by atoms with Crippen molar-refractivity contribution in [2.24, 2.45) is 0 Å². The molecular weight excluding hydrogens is 194 g/mol. The third kappa shape index (κ3) is 5.22. The number of hydrogen-bond acceptors (Lipinski definition) is 3. The molecule has 0 aromatic carbocycles. The van der Waals surface area contributed by atoms with Gasteiger partial charge >= 0.3 is 0 Å². The maximum absolute atomic E-state index is 9.10. The Morgan fingerprint density at radius 3 is 2.67 bits per heavy atom. The van der Waals surface area contributed by atoms with Crippen LogP contribution in [0.4, 0.5) is 0 Å². The van der Waals surface area contributed by atoms with E-state index in [0.717, 1.165) is 4.73 Å². The second-order valence-electron chi connectivity index (χ2n) is 4.23. The first-order valence-electron chi connectivity index (χ1n) is 4.95. The van der Waals surface area contributed by atoms with Gasteiger partial charge in [-0.25, -0.2) is 0 Å². The van der Waals surface area contributed by atoms with E-state index in [1.165, 1.54) is 12.4 Å². The van der Waals surface area contributed by atoms with E-state index in [0.29, 0.717) is 19.0 Å². The zero-order chi connectivity index (χ0) is 11.3. The molecule has 0 saturated carbocycles. The van der Waals surface area contributed by atoms with Crippen LogP contribution in [-0.2, 0) is 4.74 Å². The Morgan fingerprint density at radius 1 is 1.33 bits per heavy atom. The van der Waals surface area contributed by atoms with E-state index in [-0.39, 0.29) is 5.60 Å². The van der Waals surface area contributed by atoms with E-state index >= 15 is 0 Å². The molecule has 0 spiro atoms. The molecule has 0 atom stereocenters. The van der Waals surface area contributed by atoms with Crippen molar-refractivity contribution in [3.8, 4) is 5.75 Å². The van der Waals surface area contributed by atoms with Crippen LogP contribution in [0.25, 0.3) is 0 Å². The van der Waals surface area contributed by atoms with E-state index in [2.05, 4.69) is 0 Å². The Kier molecular flexibility index (Phi) is 3.91. The second kappa shape index (κ2) is 4.98. The largest absolute Gasteiger partial charge is 0.485 e. The molecule has 1 aromatic rings. The van der Waals surface area contributed by atoms with Crippen LogP contribution in [0.5, 0.6) is 5.75 Å². The first kappa shape index (κ1) is 11.8. The van der Waals surface area contributed by atoms with Gasteiger partial charge in [0.2, 0.25) is 6.20 Å².